The lowest BCUT2D eigenvalue weighted by Gasteiger charge is -2.34. The fourth-order valence-electron chi connectivity index (χ4n) is 3.56. The molecule has 1 aliphatic carbocycles. The molecule has 0 spiro atoms. The summed E-state index contributed by atoms with van der Waals surface area (Å²) in [6.45, 7) is 2.23. The zero-order valence-electron chi connectivity index (χ0n) is 14.7. The van der Waals surface area contributed by atoms with Crippen LogP contribution >= 0.6 is 0 Å². The van der Waals surface area contributed by atoms with Crippen LogP contribution in [0.4, 0.5) is 5.69 Å². The van der Waals surface area contributed by atoms with Crippen LogP contribution in [0.15, 0.2) is 53.4 Å². The Morgan fingerprint density at radius 2 is 1.72 bits per heavy atom. The topological polar surface area (TPSA) is 63.4 Å². The molecule has 3 rings (SSSR count). The third kappa shape index (κ3) is 4.05. The SMILES string of the molecule is Cc1ccc(N)cc1S(=O)(=O)N(Cc1ccccc1)C1CCCCC1. The lowest BCUT2D eigenvalue weighted by Crippen LogP contribution is -2.41. The van der Waals surface area contributed by atoms with E-state index in [4.69, 9.17) is 5.73 Å². The second kappa shape index (κ2) is 7.58. The molecule has 1 aliphatic rings. The molecule has 2 aromatic rings. The lowest BCUT2D eigenvalue weighted by molar-refractivity contribution is 0.247. The third-order valence-electron chi connectivity index (χ3n) is 4.96. The number of aryl methyl sites for hydroxylation is 1. The van der Waals surface area contributed by atoms with Gasteiger partial charge in [0.1, 0.15) is 0 Å². The second-order valence-corrected chi connectivity index (χ2v) is 8.71. The van der Waals surface area contributed by atoms with E-state index in [1.54, 1.807) is 22.5 Å². The van der Waals surface area contributed by atoms with E-state index < -0.39 is 10.0 Å². The number of benzene rings is 2. The normalized spacial score (nSPS) is 16.2. The number of nitrogens with two attached hydrogens (primary N) is 1. The van der Waals surface area contributed by atoms with Crippen molar-refractivity contribution in [3.8, 4) is 0 Å². The molecular formula is C20H26N2O2S. The van der Waals surface area contributed by atoms with E-state index in [-0.39, 0.29) is 6.04 Å². The van der Waals surface area contributed by atoms with E-state index in [0.717, 1.165) is 36.8 Å². The van der Waals surface area contributed by atoms with E-state index >= 15 is 0 Å². The van der Waals surface area contributed by atoms with Gasteiger partial charge >= 0.3 is 0 Å². The van der Waals surface area contributed by atoms with Crippen molar-refractivity contribution in [3.05, 3.63) is 59.7 Å². The third-order valence-corrected chi connectivity index (χ3v) is 7.00. The molecule has 1 saturated carbocycles. The van der Waals surface area contributed by atoms with Crippen LogP contribution in [0.2, 0.25) is 0 Å². The second-order valence-electron chi connectivity index (χ2n) is 6.85. The van der Waals surface area contributed by atoms with Crippen LogP contribution < -0.4 is 5.73 Å². The highest BCUT2D eigenvalue weighted by molar-refractivity contribution is 7.89. The number of nitrogen functional groups attached to an aromatic ring is 1. The molecule has 0 atom stereocenters. The molecule has 0 amide bonds. The first-order chi connectivity index (χ1) is 12.0. The fraction of sp³-hybridized carbons (Fsp3) is 0.400. The lowest BCUT2D eigenvalue weighted by atomic mass is 9.95. The molecule has 0 aliphatic heterocycles. The van der Waals surface area contributed by atoms with Crippen molar-refractivity contribution in [1.29, 1.82) is 0 Å². The highest BCUT2D eigenvalue weighted by Crippen LogP contribution is 2.31. The van der Waals surface area contributed by atoms with Gasteiger partial charge in [0.25, 0.3) is 0 Å². The Morgan fingerprint density at radius 1 is 1.04 bits per heavy atom. The van der Waals surface area contributed by atoms with Crippen molar-refractivity contribution in [2.75, 3.05) is 5.73 Å². The summed E-state index contributed by atoms with van der Waals surface area (Å²) >= 11 is 0. The minimum atomic E-state index is -3.60. The standard InChI is InChI=1S/C20H26N2O2S/c1-16-12-13-18(21)14-20(16)25(23,24)22(19-10-6-3-7-11-19)15-17-8-4-2-5-9-17/h2,4-5,8-9,12-14,19H,3,6-7,10-11,15,21H2,1H3. The van der Waals surface area contributed by atoms with E-state index in [9.17, 15) is 8.42 Å². The monoisotopic (exact) mass is 358 g/mol. The number of anilines is 1. The summed E-state index contributed by atoms with van der Waals surface area (Å²) in [7, 11) is -3.60. The van der Waals surface area contributed by atoms with Gasteiger partial charge in [-0.15, -0.1) is 0 Å². The number of nitrogens with zero attached hydrogens (tertiary/aromatic N) is 1. The first-order valence-electron chi connectivity index (χ1n) is 8.90. The van der Waals surface area contributed by atoms with Crippen LogP contribution in [-0.4, -0.2) is 18.8 Å². The Labute approximate surface area is 150 Å². The predicted octanol–water partition coefficient (Wildman–Crippen LogP) is 4.10. The Balaban J connectivity index is 2.01. The van der Waals surface area contributed by atoms with Crippen LogP contribution in [0.25, 0.3) is 0 Å². The van der Waals surface area contributed by atoms with Crippen LogP contribution in [0.5, 0.6) is 0 Å². The maximum absolute atomic E-state index is 13.5. The molecule has 25 heavy (non-hydrogen) atoms. The van der Waals surface area contributed by atoms with Gasteiger partial charge in [-0.2, -0.15) is 4.31 Å². The quantitative estimate of drug-likeness (QED) is 0.819. The van der Waals surface area contributed by atoms with Crippen LogP contribution in [0.3, 0.4) is 0 Å². The van der Waals surface area contributed by atoms with Gasteiger partial charge in [0.15, 0.2) is 0 Å². The number of sulfonamides is 1. The maximum Gasteiger partial charge on any atom is 0.243 e. The summed E-state index contributed by atoms with van der Waals surface area (Å²) in [6.07, 6.45) is 5.21. The molecule has 5 heteroatoms. The molecule has 2 N–H and O–H groups in total. The summed E-state index contributed by atoms with van der Waals surface area (Å²) in [5, 5.41) is 0. The Morgan fingerprint density at radius 3 is 2.40 bits per heavy atom. The molecule has 134 valence electrons. The van der Waals surface area contributed by atoms with Gasteiger partial charge < -0.3 is 5.73 Å². The summed E-state index contributed by atoms with van der Waals surface area (Å²) in [6, 6.07) is 15.0. The van der Waals surface area contributed by atoms with Crippen molar-refractivity contribution in [2.45, 2.75) is 56.5 Å². The first kappa shape index (κ1) is 18.0. The summed E-state index contributed by atoms with van der Waals surface area (Å²) in [5.74, 6) is 0. The van der Waals surface area contributed by atoms with Crippen LogP contribution in [0, 0.1) is 6.92 Å². The maximum atomic E-state index is 13.5. The Hall–Kier alpha value is -1.85. The zero-order chi connectivity index (χ0) is 17.9. The summed E-state index contributed by atoms with van der Waals surface area (Å²) < 4.78 is 28.7. The zero-order valence-corrected chi connectivity index (χ0v) is 15.5. The van der Waals surface area contributed by atoms with Crippen LogP contribution in [-0.2, 0) is 16.6 Å². The van der Waals surface area contributed by atoms with Crippen LogP contribution in [0.1, 0.15) is 43.2 Å². The summed E-state index contributed by atoms with van der Waals surface area (Å²) in [5.41, 5.74) is 8.10. The average Bonchev–Trinajstić information content (AvgIpc) is 2.63. The Kier molecular flexibility index (Phi) is 5.45. The van der Waals surface area contributed by atoms with Gasteiger partial charge in [-0.1, -0.05) is 55.7 Å². The minimum absolute atomic E-state index is 0.0554. The highest BCUT2D eigenvalue weighted by Gasteiger charge is 2.33. The number of rotatable bonds is 5. The Bertz CT molecular complexity index is 813. The molecule has 1 fully saturated rings. The van der Waals surface area contributed by atoms with E-state index in [0.29, 0.717) is 17.1 Å². The number of hydrogen-bond donors (Lipinski definition) is 1. The van der Waals surface area contributed by atoms with Crippen molar-refractivity contribution in [2.24, 2.45) is 0 Å². The largest absolute Gasteiger partial charge is 0.399 e. The highest BCUT2D eigenvalue weighted by atomic mass is 32.2. The van der Waals surface area contributed by atoms with Crippen molar-refractivity contribution < 1.29 is 8.42 Å². The smallest absolute Gasteiger partial charge is 0.243 e. The summed E-state index contributed by atoms with van der Waals surface area (Å²) in [4.78, 5) is 0.328. The molecule has 0 aromatic heterocycles. The van der Waals surface area contributed by atoms with Crippen molar-refractivity contribution in [3.63, 3.8) is 0 Å². The van der Waals surface area contributed by atoms with Gasteiger partial charge in [-0.3, -0.25) is 0 Å². The van der Waals surface area contributed by atoms with Gasteiger partial charge in [0.05, 0.1) is 4.90 Å². The average molecular weight is 359 g/mol. The molecule has 0 saturated heterocycles. The number of hydrogen-bond acceptors (Lipinski definition) is 3. The predicted molar refractivity (Wildman–Crippen MR) is 102 cm³/mol. The fourth-order valence-corrected chi connectivity index (χ4v) is 5.50. The van der Waals surface area contributed by atoms with E-state index in [1.807, 2.05) is 37.3 Å². The molecule has 0 heterocycles. The molecule has 0 bridgehead atoms. The van der Waals surface area contributed by atoms with Gasteiger partial charge in [0.2, 0.25) is 10.0 Å². The van der Waals surface area contributed by atoms with E-state index in [2.05, 4.69) is 0 Å². The van der Waals surface area contributed by atoms with Gasteiger partial charge in [-0.25, -0.2) is 8.42 Å². The van der Waals surface area contributed by atoms with Crippen molar-refractivity contribution in [1.82, 2.24) is 4.31 Å². The van der Waals surface area contributed by atoms with Gasteiger partial charge in [0, 0.05) is 18.3 Å². The molecule has 0 radical (unpaired) electrons. The first-order valence-corrected chi connectivity index (χ1v) is 10.3. The van der Waals surface area contributed by atoms with Crippen molar-refractivity contribution >= 4 is 15.7 Å². The molecule has 4 nitrogen and oxygen atoms in total. The molecule has 0 unspecified atom stereocenters. The minimum Gasteiger partial charge on any atom is -0.399 e. The molecule has 2 aromatic carbocycles. The van der Waals surface area contributed by atoms with Gasteiger partial charge in [-0.05, 0) is 43.0 Å². The van der Waals surface area contributed by atoms with E-state index in [1.165, 1.54) is 6.42 Å². The molecular weight excluding hydrogens is 332 g/mol.